The standard InChI is InChI=1S/C32H50O3SSi/c1-5-6-7-8-9-12-19-28(25-27-36-26-18-17-24-31(33)34)35-37(32(2,3)4,29-20-13-10-14-21-29)30-22-15-11-16-23-30/h10-11,13-16,20-23,28H,5-9,12,17-19,24-27H2,1-4H3,(H,33,34). The van der Waals surface area contributed by atoms with Gasteiger partial charge in [-0.25, -0.2) is 0 Å². The third kappa shape index (κ3) is 10.6. The molecule has 37 heavy (non-hydrogen) atoms. The van der Waals surface area contributed by atoms with Crippen LogP contribution in [0.4, 0.5) is 0 Å². The van der Waals surface area contributed by atoms with E-state index in [2.05, 4.69) is 88.4 Å². The molecule has 0 aliphatic carbocycles. The molecule has 2 aromatic rings. The third-order valence-electron chi connectivity index (χ3n) is 7.15. The summed E-state index contributed by atoms with van der Waals surface area (Å²) in [5.41, 5.74) is 0. The van der Waals surface area contributed by atoms with Crippen molar-refractivity contribution in [3.05, 3.63) is 60.7 Å². The Balaban J connectivity index is 2.21. The van der Waals surface area contributed by atoms with E-state index in [0.717, 1.165) is 37.2 Å². The van der Waals surface area contributed by atoms with Crippen molar-refractivity contribution in [3.8, 4) is 0 Å². The Morgan fingerprint density at radius 2 is 1.38 bits per heavy atom. The molecular formula is C32H50O3SSi. The van der Waals surface area contributed by atoms with Crippen LogP contribution in [-0.2, 0) is 9.22 Å². The van der Waals surface area contributed by atoms with E-state index < -0.39 is 14.3 Å². The van der Waals surface area contributed by atoms with Gasteiger partial charge in [-0.15, -0.1) is 0 Å². The first-order valence-electron chi connectivity index (χ1n) is 14.4. The molecule has 1 unspecified atom stereocenters. The number of hydrogen-bond acceptors (Lipinski definition) is 3. The fourth-order valence-corrected chi connectivity index (χ4v) is 10.9. The summed E-state index contributed by atoms with van der Waals surface area (Å²) in [7, 11) is -2.56. The highest BCUT2D eigenvalue weighted by Gasteiger charge is 2.51. The average Bonchev–Trinajstić information content (AvgIpc) is 2.88. The Bertz CT molecular complexity index is 827. The lowest BCUT2D eigenvalue weighted by Crippen LogP contribution is -2.67. The van der Waals surface area contributed by atoms with Crippen LogP contribution in [-0.4, -0.2) is 37.0 Å². The average molecular weight is 543 g/mol. The van der Waals surface area contributed by atoms with E-state index >= 15 is 0 Å². The maximum absolute atomic E-state index is 10.8. The highest BCUT2D eigenvalue weighted by Crippen LogP contribution is 2.38. The van der Waals surface area contributed by atoms with Crippen molar-refractivity contribution in [2.45, 2.75) is 109 Å². The first-order valence-corrected chi connectivity index (χ1v) is 17.5. The minimum Gasteiger partial charge on any atom is -0.481 e. The second-order valence-corrected chi connectivity index (χ2v) is 16.7. The van der Waals surface area contributed by atoms with Crippen molar-refractivity contribution in [3.63, 3.8) is 0 Å². The number of thioether (sulfide) groups is 1. The van der Waals surface area contributed by atoms with E-state index in [1.54, 1.807) is 0 Å². The van der Waals surface area contributed by atoms with Gasteiger partial charge in [-0.05, 0) is 52.6 Å². The summed E-state index contributed by atoms with van der Waals surface area (Å²) in [6.07, 6.45) is 12.2. The van der Waals surface area contributed by atoms with Crippen LogP contribution in [0.1, 0.15) is 98.3 Å². The maximum Gasteiger partial charge on any atom is 0.303 e. The van der Waals surface area contributed by atoms with Crippen molar-refractivity contribution in [2.75, 3.05) is 11.5 Å². The summed E-state index contributed by atoms with van der Waals surface area (Å²) >= 11 is 1.95. The van der Waals surface area contributed by atoms with Crippen molar-refractivity contribution < 1.29 is 14.3 Å². The number of unbranched alkanes of at least 4 members (excludes halogenated alkanes) is 6. The van der Waals surface area contributed by atoms with Gasteiger partial charge in [0.1, 0.15) is 0 Å². The molecule has 0 amide bonds. The van der Waals surface area contributed by atoms with Crippen molar-refractivity contribution in [2.24, 2.45) is 0 Å². The van der Waals surface area contributed by atoms with E-state index in [9.17, 15) is 4.79 Å². The second kappa shape index (κ2) is 17.1. The zero-order valence-corrected chi connectivity index (χ0v) is 25.5. The van der Waals surface area contributed by atoms with Crippen molar-refractivity contribution in [1.29, 1.82) is 0 Å². The normalized spacial score (nSPS) is 13.0. The monoisotopic (exact) mass is 542 g/mol. The predicted octanol–water partition coefficient (Wildman–Crippen LogP) is 8.06. The van der Waals surface area contributed by atoms with Crippen LogP contribution in [0.2, 0.25) is 5.04 Å². The van der Waals surface area contributed by atoms with Crippen LogP contribution < -0.4 is 10.4 Å². The summed E-state index contributed by atoms with van der Waals surface area (Å²) in [6, 6.07) is 22.0. The molecule has 2 rings (SSSR count). The molecule has 2 aromatic carbocycles. The molecule has 0 spiro atoms. The molecule has 0 fully saturated rings. The summed E-state index contributed by atoms with van der Waals surface area (Å²) in [6.45, 7) is 9.35. The van der Waals surface area contributed by atoms with E-state index in [0.29, 0.717) is 0 Å². The quantitative estimate of drug-likeness (QED) is 0.144. The molecule has 1 atom stereocenters. The zero-order valence-electron chi connectivity index (χ0n) is 23.7. The minimum atomic E-state index is -2.56. The lowest BCUT2D eigenvalue weighted by Gasteiger charge is -2.45. The Morgan fingerprint density at radius 1 is 0.811 bits per heavy atom. The van der Waals surface area contributed by atoms with Crippen LogP contribution in [0.3, 0.4) is 0 Å². The van der Waals surface area contributed by atoms with Gasteiger partial charge >= 0.3 is 5.97 Å². The molecule has 0 saturated carbocycles. The Kier molecular flexibility index (Phi) is 14.6. The van der Waals surface area contributed by atoms with Gasteiger partial charge in [-0.1, -0.05) is 127 Å². The van der Waals surface area contributed by atoms with Gasteiger partial charge in [0.15, 0.2) is 0 Å². The molecule has 0 aliphatic rings. The largest absolute Gasteiger partial charge is 0.481 e. The highest BCUT2D eigenvalue weighted by atomic mass is 32.2. The van der Waals surface area contributed by atoms with Crippen LogP contribution in [0.15, 0.2) is 60.7 Å². The Hall–Kier alpha value is -1.56. The van der Waals surface area contributed by atoms with Crippen LogP contribution in [0, 0.1) is 0 Å². The molecule has 0 saturated heterocycles. The number of carboxylic acids is 1. The smallest absolute Gasteiger partial charge is 0.303 e. The summed E-state index contributed by atoms with van der Waals surface area (Å²) in [5, 5.41) is 11.6. The van der Waals surface area contributed by atoms with Gasteiger partial charge in [0.2, 0.25) is 0 Å². The highest BCUT2D eigenvalue weighted by molar-refractivity contribution is 7.99. The first kappa shape index (κ1) is 31.7. The number of hydrogen-bond donors (Lipinski definition) is 1. The minimum absolute atomic E-state index is 0.0148. The maximum atomic E-state index is 10.8. The molecule has 206 valence electrons. The number of aliphatic carboxylic acids is 1. The van der Waals surface area contributed by atoms with Gasteiger partial charge in [0.25, 0.3) is 8.32 Å². The predicted molar refractivity (Wildman–Crippen MR) is 164 cm³/mol. The topological polar surface area (TPSA) is 46.5 Å². The first-order chi connectivity index (χ1) is 17.8. The third-order valence-corrected chi connectivity index (χ3v) is 13.3. The van der Waals surface area contributed by atoms with E-state index in [1.807, 2.05) is 11.8 Å². The Morgan fingerprint density at radius 3 is 1.92 bits per heavy atom. The summed E-state index contributed by atoms with van der Waals surface area (Å²) in [5.74, 6) is 1.39. The van der Waals surface area contributed by atoms with Gasteiger partial charge in [0, 0.05) is 12.5 Å². The molecule has 3 nitrogen and oxygen atoms in total. The van der Waals surface area contributed by atoms with Crippen LogP contribution >= 0.6 is 11.8 Å². The SMILES string of the molecule is CCCCCCCCC(CCSCCCCC(=O)O)O[Si](c1ccccc1)(c1ccccc1)C(C)(C)C. The fourth-order valence-electron chi connectivity index (χ4n) is 5.15. The number of rotatable bonds is 19. The van der Waals surface area contributed by atoms with E-state index in [1.165, 1.54) is 48.9 Å². The molecule has 0 bridgehead atoms. The molecule has 1 N–H and O–H groups in total. The molecule has 0 aliphatic heterocycles. The van der Waals surface area contributed by atoms with E-state index in [4.69, 9.17) is 9.53 Å². The Labute approximate surface area is 231 Å². The number of benzene rings is 2. The lowest BCUT2D eigenvalue weighted by atomic mass is 10.1. The van der Waals surface area contributed by atoms with Gasteiger partial charge in [-0.2, -0.15) is 11.8 Å². The fraction of sp³-hybridized carbons (Fsp3) is 0.594. The molecule has 5 heteroatoms. The summed E-state index contributed by atoms with van der Waals surface area (Å²) < 4.78 is 7.51. The molecular weight excluding hydrogens is 493 g/mol. The number of carbonyl (C=O) groups is 1. The van der Waals surface area contributed by atoms with Crippen LogP contribution in [0.25, 0.3) is 0 Å². The van der Waals surface area contributed by atoms with Gasteiger partial charge in [0.05, 0.1) is 0 Å². The van der Waals surface area contributed by atoms with Crippen molar-refractivity contribution in [1.82, 2.24) is 0 Å². The van der Waals surface area contributed by atoms with Crippen molar-refractivity contribution >= 4 is 36.4 Å². The number of carboxylic acid groups (broad SMARTS) is 1. The van der Waals surface area contributed by atoms with Gasteiger partial charge < -0.3 is 9.53 Å². The second-order valence-electron chi connectivity index (χ2n) is 11.2. The molecule has 0 aromatic heterocycles. The van der Waals surface area contributed by atoms with E-state index in [-0.39, 0.29) is 17.6 Å². The molecule has 0 radical (unpaired) electrons. The van der Waals surface area contributed by atoms with Gasteiger partial charge in [-0.3, -0.25) is 4.79 Å². The molecule has 0 heterocycles. The zero-order chi connectivity index (χ0) is 27.0. The summed E-state index contributed by atoms with van der Waals surface area (Å²) in [4.78, 5) is 10.8. The lowest BCUT2D eigenvalue weighted by molar-refractivity contribution is -0.137. The van der Waals surface area contributed by atoms with Crippen LogP contribution in [0.5, 0.6) is 0 Å².